The highest BCUT2D eigenvalue weighted by Gasteiger charge is 2.28. The van der Waals surface area contributed by atoms with Gasteiger partial charge in [0.1, 0.15) is 11.7 Å². The van der Waals surface area contributed by atoms with Gasteiger partial charge in [0.05, 0.1) is 0 Å². The summed E-state index contributed by atoms with van der Waals surface area (Å²) in [6, 6.07) is 0. The van der Waals surface area contributed by atoms with E-state index < -0.39 is 11.7 Å². The van der Waals surface area contributed by atoms with Crippen molar-refractivity contribution in [3.05, 3.63) is 24.3 Å². The predicted molar refractivity (Wildman–Crippen MR) is 46.3 cm³/mol. The Bertz CT molecular complexity index is 168. The number of aliphatic hydroxyl groups excluding tert-OH is 1. The van der Waals surface area contributed by atoms with E-state index in [0.717, 1.165) is 0 Å². The first kappa shape index (κ1) is 10.4. The van der Waals surface area contributed by atoms with Gasteiger partial charge in [-0.15, -0.1) is 0 Å². The Kier molecular flexibility index (Phi) is 3.49. The van der Waals surface area contributed by atoms with Crippen molar-refractivity contribution in [2.75, 3.05) is 0 Å². The smallest absolute Gasteiger partial charge is 0.112 e. The molecule has 64 valence electrons. The second-order valence-corrected chi connectivity index (χ2v) is 2.90. The maximum atomic E-state index is 9.59. The lowest BCUT2D eigenvalue weighted by atomic mass is 9.92. The van der Waals surface area contributed by atoms with E-state index >= 15 is 0 Å². The molecule has 0 aromatic carbocycles. The van der Waals surface area contributed by atoms with E-state index in [1.165, 1.54) is 6.08 Å². The van der Waals surface area contributed by atoms with Crippen LogP contribution < -0.4 is 0 Å². The lowest BCUT2D eigenvalue weighted by Crippen LogP contribution is -2.38. The predicted octanol–water partition coefficient (Wildman–Crippen LogP) is 1.25. The van der Waals surface area contributed by atoms with Crippen molar-refractivity contribution < 1.29 is 10.2 Å². The van der Waals surface area contributed by atoms with Gasteiger partial charge in [0.2, 0.25) is 0 Å². The van der Waals surface area contributed by atoms with Crippen LogP contribution in [0, 0.1) is 0 Å². The average molecular weight is 156 g/mol. The fraction of sp³-hybridized carbons (Fsp3) is 0.556. The van der Waals surface area contributed by atoms with Gasteiger partial charge in [-0.2, -0.15) is 0 Å². The lowest BCUT2D eigenvalue weighted by Gasteiger charge is -2.27. The highest BCUT2D eigenvalue weighted by atomic mass is 16.3. The van der Waals surface area contributed by atoms with E-state index in [4.69, 9.17) is 0 Å². The molecular weight excluding hydrogens is 140 g/mol. The van der Waals surface area contributed by atoms with E-state index in [1.807, 2.05) is 0 Å². The van der Waals surface area contributed by atoms with Crippen LogP contribution in [0.15, 0.2) is 24.3 Å². The van der Waals surface area contributed by atoms with Crippen molar-refractivity contribution in [1.29, 1.82) is 0 Å². The van der Waals surface area contributed by atoms with Crippen LogP contribution in [0.5, 0.6) is 0 Å². The summed E-state index contributed by atoms with van der Waals surface area (Å²) >= 11 is 0. The molecule has 0 fully saturated rings. The Morgan fingerprint density at radius 1 is 1.64 bits per heavy atom. The minimum absolute atomic E-state index is 0.558. The van der Waals surface area contributed by atoms with Crippen molar-refractivity contribution in [2.45, 2.75) is 32.5 Å². The van der Waals surface area contributed by atoms with Crippen LogP contribution in [0.1, 0.15) is 20.8 Å². The number of allylic oxidation sites excluding steroid dienone is 1. The van der Waals surface area contributed by atoms with Gasteiger partial charge < -0.3 is 10.2 Å². The van der Waals surface area contributed by atoms with Crippen LogP contribution in [0.4, 0.5) is 0 Å². The Labute approximate surface area is 67.9 Å². The molecule has 11 heavy (non-hydrogen) atoms. The first-order valence-electron chi connectivity index (χ1n) is 3.62. The minimum atomic E-state index is -1.22. The summed E-state index contributed by atoms with van der Waals surface area (Å²) in [5.41, 5.74) is -0.657. The summed E-state index contributed by atoms with van der Waals surface area (Å²) in [6.45, 7) is 8.60. The molecule has 0 aliphatic rings. The van der Waals surface area contributed by atoms with E-state index in [0.29, 0.717) is 5.57 Å². The van der Waals surface area contributed by atoms with Gasteiger partial charge in [0.15, 0.2) is 0 Å². The molecule has 2 N–H and O–H groups in total. The first-order chi connectivity index (χ1) is 4.92. The molecule has 0 saturated carbocycles. The second-order valence-electron chi connectivity index (χ2n) is 2.90. The molecule has 0 spiro atoms. The van der Waals surface area contributed by atoms with Crippen LogP contribution in [-0.4, -0.2) is 21.9 Å². The number of rotatable bonds is 3. The van der Waals surface area contributed by atoms with Gasteiger partial charge in [-0.05, 0) is 26.3 Å². The summed E-state index contributed by atoms with van der Waals surface area (Å²) in [4.78, 5) is 0. The second kappa shape index (κ2) is 3.69. The van der Waals surface area contributed by atoms with E-state index in [2.05, 4.69) is 6.58 Å². The maximum Gasteiger partial charge on any atom is 0.112 e. The van der Waals surface area contributed by atoms with E-state index in [-0.39, 0.29) is 0 Å². The molecule has 0 saturated heterocycles. The first-order valence-corrected chi connectivity index (χ1v) is 3.62. The molecule has 0 rings (SSSR count). The van der Waals surface area contributed by atoms with Crippen LogP contribution >= 0.6 is 0 Å². The minimum Gasteiger partial charge on any atom is -0.386 e. The molecule has 0 radical (unpaired) electrons. The quantitative estimate of drug-likeness (QED) is 0.604. The molecule has 0 heterocycles. The third-order valence-corrected chi connectivity index (χ3v) is 1.81. The average Bonchev–Trinajstić information content (AvgIpc) is 1.88. The molecule has 0 aromatic rings. The Balaban J connectivity index is 4.41. The maximum absolute atomic E-state index is 9.59. The van der Waals surface area contributed by atoms with Crippen molar-refractivity contribution >= 4 is 0 Å². The summed E-state index contributed by atoms with van der Waals surface area (Å²) in [5.74, 6) is 0. The Morgan fingerprint density at radius 3 is 2.36 bits per heavy atom. The topological polar surface area (TPSA) is 40.5 Å². The van der Waals surface area contributed by atoms with Crippen molar-refractivity contribution in [3.63, 3.8) is 0 Å². The van der Waals surface area contributed by atoms with E-state index in [1.54, 1.807) is 26.8 Å². The van der Waals surface area contributed by atoms with Crippen LogP contribution in [0.2, 0.25) is 0 Å². The zero-order valence-electron chi connectivity index (χ0n) is 7.33. The van der Waals surface area contributed by atoms with Crippen molar-refractivity contribution in [2.24, 2.45) is 0 Å². The Morgan fingerprint density at radius 2 is 2.09 bits per heavy atom. The van der Waals surface area contributed by atoms with E-state index in [9.17, 15) is 10.2 Å². The van der Waals surface area contributed by atoms with Crippen LogP contribution in [0.3, 0.4) is 0 Å². The zero-order chi connectivity index (χ0) is 9.07. The molecule has 0 aromatic heterocycles. The summed E-state index contributed by atoms with van der Waals surface area (Å²) in [6.07, 6.45) is 2.36. The van der Waals surface area contributed by atoms with Crippen LogP contribution in [0.25, 0.3) is 0 Å². The van der Waals surface area contributed by atoms with Gasteiger partial charge in [0.25, 0.3) is 0 Å². The van der Waals surface area contributed by atoms with Gasteiger partial charge in [-0.25, -0.2) is 0 Å². The summed E-state index contributed by atoms with van der Waals surface area (Å²) in [7, 11) is 0. The monoisotopic (exact) mass is 156 g/mol. The SMILES string of the molecule is C=C(C)C(C)(O)C(O)C=CC. The molecule has 0 aliphatic heterocycles. The van der Waals surface area contributed by atoms with Crippen LogP contribution in [-0.2, 0) is 0 Å². The fourth-order valence-corrected chi connectivity index (χ4v) is 0.622. The van der Waals surface area contributed by atoms with Gasteiger partial charge in [0, 0.05) is 0 Å². The normalized spacial score (nSPS) is 19.7. The van der Waals surface area contributed by atoms with Crippen molar-refractivity contribution in [3.8, 4) is 0 Å². The molecule has 0 amide bonds. The third-order valence-electron chi connectivity index (χ3n) is 1.81. The zero-order valence-corrected chi connectivity index (χ0v) is 7.33. The molecule has 0 bridgehead atoms. The number of hydrogen-bond donors (Lipinski definition) is 2. The largest absolute Gasteiger partial charge is 0.386 e. The molecule has 2 nitrogen and oxygen atoms in total. The molecule has 2 unspecified atom stereocenters. The van der Waals surface area contributed by atoms with Gasteiger partial charge in [-0.3, -0.25) is 0 Å². The Hall–Kier alpha value is -0.600. The molecular formula is C9H16O2. The summed E-state index contributed by atoms with van der Waals surface area (Å²) < 4.78 is 0. The molecule has 2 atom stereocenters. The highest BCUT2D eigenvalue weighted by Crippen LogP contribution is 2.19. The van der Waals surface area contributed by atoms with Crippen molar-refractivity contribution in [1.82, 2.24) is 0 Å². The fourth-order valence-electron chi connectivity index (χ4n) is 0.622. The standard InChI is InChI=1S/C9H16O2/c1-5-6-8(10)9(4,11)7(2)3/h5-6,8,10-11H,2H2,1,3-4H3. The highest BCUT2D eigenvalue weighted by molar-refractivity contribution is 5.14. The number of aliphatic hydroxyl groups is 2. The van der Waals surface area contributed by atoms with Gasteiger partial charge >= 0.3 is 0 Å². The van der Waals surface area contributed by atoms with Gasteiger partial charge in [-0.1, -0.05) is 18.7 Å². The lowest BCUT2D eigenvalue weighted by molar-refractivity contribution is -0.00812. The third kappa shape index (κ3) is 2.48. The number of hydrogen-bond acceptors (Lipinski definition) is 2. The molecule has 2 heteroatoms. The summed E-state index contributed by atoms with van der Waals surface area (Å²) in [5, 5.41) is 18.9. The molecule has 0 aliphatic carbocycles.